The first-order valence-corrected chi connectivity index (χ1v) is 9.22. The summed E-state index contributed by atoms with van der Waals surface area (Å²) in [4.78, 5) is 15.3. The molecule has 2 aromatic rings. The number of benzene rings is 1. The number of hydrogen-bond donors (Lipinski definition) is 2. The molecule has 0 saturated heterocycles. The number of sulfonamides is 1. The van der Waals surface area contributed by atoms with Gasteiger partial charge < -0.3 is 9.67 Å². The molecule has 0 spiro atoms. The zero-order chi connectivity index (χ0) is 17.3. The number of nitrogens with one attached hydrogen (secondary N) is 1. The number of carbonyl (C=O) groups is 1. The summed E-state index contributed by atoms with van der Waals surface area (Å²) in [6.45, 7) is 2.21. The van der Waals surface area contributed by atoms with Gasteiger partial charge in [0.2, 0.25) is 10.0 Å². The van der Waals surface area contributed by atoms with E-state index < -0.39 is 16.0 Å². The lowest BCUT2D eigenvalue weighted by atomic mass is 10.1. The average Bonchev–Trinajstić information content (AvgIpc) is 3.15. The van der Waals surface area contributed by atoms with Crippen LogP contribution in [0.3, 0.4) is 0 Å². The van der Waals surface area contributed by atoms with Crippen molar-refractivity contribution in [1.82, 2.24) is 14.3 Å². The standard InChI is InChI=1S/C16H19N3O4S/c1-11(9-19-6-5-17-10-19)18-24(22,23)15-8-13(16(20)21)7-12-3-2-4-14(12)15/h5-8,10-11,18H,2-4,9H2,1H3,(H,20,21). The molecule has 1 aromatic carbocycles. The van der Waals surface area contributed by atoms with Gasteiger partial charge in [0.05, 0.1) is 16.8 Å². The third-order valence-electron chi connectivity index (χ3n) is 4.11. The van der Waals surface area contributed by atoms with Gasteiger partial charge in [-0.3, -0.25) is 0 Å². The minimum atomic E-state index is -3.79. The molecule has 1 atom stereocenters. The van der Waals surface area contributed by atoms with Crippen LogP contribution in [0.5, 0.6) is 0 Å². The fourth-order valence-electron chi connectivity index (χ4n) is 3.11. The van der Waals surface area contributed by atoms with E-state index in [0.29, 0.717) is 19.4 Å². The molecular formula is C16H19N3O4S. The van der Waals surface area contributed by atoms with Gasteiger partial charge >= 0.3 is 5.97 Å². The molecule has 8 heteroatoms. The maximum Gasteiger partial charge on any atom is 0.335 e. The van der Waals surface area contributed by atoms with Crippen LogP contribution in [-0.4, -0.2) is 35.1 Å². The van der Waals surface area contributed by atoms with E-state index in [1.807, 2.05) is 0 Å². The second-order valence-electron chi connectivity index (χ2n) is 6.05. The zero-order valence-electron chi connectivity index (χ0n) is 13.3. The van der Waals surface area contributed by atoms with Crippen LogP contribution in [0.25, 0.3) is 0 Å². The van der Waals surface area contributed by atoms with Gasteiger partial charge in [-0.15, -0.1) is 0 Å². The number of aromatic carboxylic acids is 1. The normalized spacial score (nSPS) is 15.2. The summed E-state index contributed by atoms with van der Waals surface area (Å²) >= 11 is 0. The van der Waals surface area contributed by atoms with Gasteiger partial charge in [-0.1, -0.05) is 0 Å². The Morgan fingerprint density at radius 3 is 2.88 bits per heavy atom. The molecule has 24 heavy (non-hydrogen) atoms. The van der Waals surface area contributed by atoms with Crippen LogP contribution in [0, 0.1) is 0 Å². The van der Waals surface area contributed by atoms with Crippen LogP contribution >= 0.6 is 0 Å². The maximum atomic E-state index is 12.8. The number of carboxylic acids is 1. The highest BCUT2D eigenvalue weighted by molar-refractivity contribution is 7.89. The first kappa shape index (κ1) is 16.7. The number of fused-ring (bicyclic) bond motifs is 1. The second kappa shape index (κ2) is 6.37. The number of aromatic nitrogens is 2. The van der Waals surface area contributed by atoms with E-state index in [0.717, 1.165) is 17.5 Å². The largest absolute Gasteiger partial charge is 0.478 e. The average molecular weight is 349 g/mol. The molecule has 1 aromatic heterocycles. The van der Waals surface area contributed by atoms with Crippen LogP contribution in [0.4, 0.5) is 0 Å². The summed E-state index contributed by atoms with van der Waals surface area (Å²) < 4.78 is 30.0. The van der Waals surface area contributed by atoms with Crippen LogP contribution in [0.15, 0.2) is 35.7 Å². The molecule has 0 fully saturated rings. The van der Waals surface area contributed by atoms with E-state index in [9.17, 15) is 18.3 Å². The number of carboxylic acid groups (broad SMARTS) is 1. The van der Waals surface area contributed by atoms with Gasteiger partial charge in [-0.2, -0.15) is 0 Å². The lowest BCUT2D eigenvalue weighted by molar-refractivity contribution is 0.0696. The summed E-state index contributed by atoms with van der Waals surface area (Å²) in [5, 5.41) is 9.23. The summed E-state index contributed by atoms with van der Waals surface area (Å²) in [7, 11) is -3.79. The first-order chi connectivity index (χ1) is 11.4. The van der Waals surface area contributed by atoms with Crippen molar-refractivity contribution in [1.29, 1.82) is 0 Å². The Labute approximate surface area is 140 Å². The monoisotopic (exact) mass is 349 g/mol. The fourth-order valence-corrected chi connectivity index (χ4v) is 4.68. The molecule has 0 amide bonds. The molecule has 7 nitrogen and oxygen atoms in total. The van der Waals surface area contributed by atoms with Crippen molar-refractivity contribution >= 4 is 16.0 Å². The minimum absolute atomic E-state index is 0.0123. The first-order valence-electron chi connectivity index (χ1n) is 7.74. The van der Waals surface area contributed by atoms with Crippen molar-refractivity contribution in [2.45, 2.75) is 43.7 Å². The van der Waals surface area contributed by atoms with Gasteiger partial charge in [0.1, 0.15) is 0 Å². The number of aryl methyl sites for hydroxylation is 1. The van der Waals surface area contributed by atoms with Crippen molar-refractivity contribution in [2.75, 3.05) is 0 Å². The second-order valence-corrected chi connectivity index (χ2v) is 7.73. The van der Waals surface area contributed by atoms with E-state index >= 15 is 0 Å². The Morgan fingerprint density at radius 1 is 1.42 bits per heavy atom. The lowest BCUT2D eigenvalue weighted by Gasteiger charge is -2.17. The number of rotatable bonds is 6. The van der Waals surface area contributed by atoms with E-state index in [1.54, 1.807) is 36.3 Å². The predicted octanol–water partition coefficient (Wildman–Crippen LogP) is 1.44. The van der Waals surface area contributed by atoms with Gasteiger partial charge in [0, 0.05) is 25.0 Å². The number of nitrogens with zero attached hydrogens (tertiary/aromatic N) is 2. The highest BCUT2D eigenvalue weighted by Gasteiger charge is 2.27. The Bertz CT molecular complexity index is 860. The lowest BCUT2D eigenvalue weighted by Crippen LogP contribution is -2.36. The van der Waals surface area contributed by atoms with Gasteiger partial charge in [-0.05, 0) is 49.4 Å². The van der Waals surface area contributed by atoms with E-state index in [2.05, 4.69) is 9.71 Å². The minimum Gasteiger partial charge on any atom is -0.478 e. The van der Waals surface area contributed by atoms with Crippen molar-refractivity contribution < 1.29 is 18.3 Å². The molecule has 1 unspecified atom stereocenters. The zero-order valence-corrected chi connectivity index (χ0v) is 14.1. The van der Waals surface area contributed by atoms with Crippen molar-refractivity contribution in [3.63, 3.8) is 0 Å². The van der Waals surface area contributed by atoms with E-state index in [-0.39, 0.29) is 16.5 Å². The Morgan fingerprint density at radius 2 is 2.21 bits per heavy atom. The molecule has 1 aliphatic carbocycles. The SMILES string of the molecule is CC(Cn1ccnc1)NS(=O)(=O)c1cc(C(=O)O)cc2c1CCC2. The quantitative estimate of drug-likeness (QED) is 0.822. The van der Waals surface area contributed by atoms with Crippen LogP contribution in [-0.2, 0) is 29.4 Å². The molecule has 3 rings (SSSR count). The van der Waals surface area contributed by atoms with Crippen LogP contribution in [0.1, 0.15) is 34.8 Å². The molecule has 0 saturated carbocycles. The summed E-state index contributed by atoms with van der Waals surface area (Å²) in [6.07, 6.45) is 7.21. The van der Waals surface area contributed by atoms with Gasteiger partial charge in [0.15, 0.2) is 0 Å². The van der Waals surface area contributed by atoms with E-state index in [4.69, 9.17) is 0 Å². The summed E-state index contributed by atoms with van der Waals surface area (Å²) in [5.41, 5.74) is 1.57. The van der Waals surface area contributed by atoms with Gasteiger partial charge in [0.25, 0.3) is 0 Å². The van der Waals surface area contributed by atoms with Crippen LogP contribution in [0.2, 0.25) is 0 Å². The third-order valence-corrected chi connectivity index (χ3v) is 5.77. The Balaban J connectivity index is 1.90. The molecular weight excluding hydrogens is 330 g/mol. The van der Waals surface area contributed by atoms with Crippen molar-refractivity contribution in [3.8, 4) is 0 Å². The van der Waals surface area contributed by atoms with Crippen LogP contribution < -0.4 is 4.72 Å². The van der Waals surface area contributed by atoms with E-state index in [1.165, 1.54) is 6.07 Å². The highest BCUT2D eigenvalue weighted by Crippen LogP contribution is 2.30. The van der Waals surface area contributed by atoms with Gasteiger partial charge in [-0.25, -0.2) is 22.9 Å². The number of hydrogen-bond acceptors (Lipinski definition) is 4. The molecule has 0 bridgehead atoms. The Hall–Kier alpha value is -2.19. The summed E-state index contributed by atoms with van der Waals surface area (Å²) in [6, 6.07) is 2.49. The molecule has 1 aliphatic rings. The topological polar surface area (TPSA) is 101 Å². The molecule has 128 valence electrons. The maximum absolute atomic E-state index is 12.8. The molecule has 2 N–H and O–H groups in total. The predicted molar refractivity (Wildman–Crippen MR) is 87.4 cm³/mol. The third kappa shape index (κ3) is 3.34. The molecule has 1 heterocycles. The number of imidazole rings is 1. The molecule has 0 aliphatic heterocycles. The Kier molecular flexibility index (Phi) is 4.42. The molecule has 0 radical (unpaired) electrons. The van der Waals surface area contributed by atoms with Crippen molar-refractivity contribution in [2.24, 2.45) is 0 Å². The smallest absolute Gasteiger partial charge is 0.335 e. The fraction of sp³-hybridized carbons (Fsp3) is 0.375. The summed E-state index contributed by atoms with van der Waals surface area (Å²) in [5.74, 6) is -1.12. The van der Waals surface area contributed by atoms with Crippen molar-refractivity contribution in [3.05, 3.63) is 47.5 Å². The highest BCUT2D eigenvalue weighted by atomic mass is 32.2.